The average Bonchev–Trinajstić information content (AvgIpc) is 2.48. The van der Waals surface area contributed by atoms with E-state index in [1.54, 1.807) is 6.07 Å². The first-order valence-electron chi connectivity index (χ1n) is 6.12. The number of aromatic nitrogens is 2. The highest BCUT2D eigenvalue weighted by atomic mass is 35.5. The lowest BCUT2D eigenvalue weighted by molar-refractivity contribution is -0.111. The largest absolute Gasteiger partial charge is 0.368 e. The maximum atomic E-state index is 11.3. The normalized spacial score (nSPS) is 9.95. The Hall–Kier alpha value is -2.60. The number of nitrogen functional groups attached to an aromatic ring is 1. The average molecular weight is 304 g/mol. The molecule has 0 bridgehead atoms. The second kappa shape index (κ2) is 6.71. The molecule has 0 atom stereocenters. The Labute approximate surface area is 127 Å². The summed E-state index contributed by atoms with van der Waals surface area (Å²) in [6.45, 7) is 3.89. The Morgan fingerprint density at radius 1 is 1.48 bits per heavy atom. The predicted octanol–water partition coefficient (Wildman–Crippen LogP) is 2.45. The van der Waals surface area contributed by atoms with Gasteiger partial charge in [-0.15, -0.1) is 0 Å². The van der Waals surface area contributed by atoms with Crippen molar-refractivity contribution in [2.75, 3.05) is 16.4 Å². The van der Waals surface area contributed by atoms with Gasteiger partial charge in [0.1, 0.15) is 5.02 Å². The van der Waals surface area contributed by atoms with Crippen LogP contribution in [0.25, 0.3) is 0 Å². The van der Waals surface area contributed by atoms with E-state index in [4.69, 9.17) is 17.3 Å². The minimum Gasteiger partial charge on any atom is -0.368 e. The van der Waals surface area contributed by atoms with Crippen LogP contribution in [-0.2, 0) is 11.3 Å². The number of amides is 1. The van der Waals surface area contributed by atoms with Crippen molar-refractivity contribution in [2.45, 2.75) is 6.54 Å². The smallest absolute Gasteiger partial charge is 0.247 e. The molecule has 0 saturated heterocycles. The fourth-order valence-electron chi connectivity index (χ4n) is 1.64. The highest BCUT2D eigenvalue weighted by Crippen LogP contribution is 2.19. The van der Waals surface area contributed by atoms with Gasteiger partial charge >= 0.3 is 0 Å². The monoisotopic (exact) mass is 303 g/mol. The minimum absolute atomic E-state index is 0.147. The van der Waals surface area contributed by atoms with E-state index in [0.717, 1.165) is 5.56 Å². The number of nitrogens with zero attached hydrogens (tertiary/aromatic N) is 2. The third-order valence-corrected chi connectivity index (χ3v) is 2.88. The van der Waals surface area contributed by atoms with E-state index in [0.29, 0.717) is 23.1 Å². The van der Waals surface area contributed by atoms with Crippen LogP contribution < -0.4 is 16.4 Å². The summed E-state index contributed by atoms with van der Waals surface area (Å²) in [5, 5.41) is 6.15. The molecule has 2 rings (SSSR count). The van der Waals surface area contributed by atoms with Gasteiger partial charge in [-0.05, 0) is 23.8 Å². The number of carbonyl (C=O) groups excluding carboxylic acids is 1. The first-order valence-corrected chi connectivity index (χ1v) is 6.50. The number of hydrogen-bond donors (Lipinski definition) is 3. The molecule has 0 aliphatic rings. The molecular formula is C14H14ClN5O. The van der Waals surface area contributed by atoms with Gasteiger partial charge in [0.15, 0.2) is 5.82 Å². The summed E-state index contributed by atoms with van der Waals surface area (Å²) in [7, 11) is 0. The van der Waals surface area contributed by atoms with Gasteiger partial charge in [0.05, 0.1) is 6.20 Å². The van der Waals surface area contributed by atoms with Crippen LogP contribution in [0.1, 0.15) is 5.56 Å². The molecule has 1 amide bonds. The van der Waals surface area contributed by atoms with Crippen LogP contribution in [0.4, 0.5) is 17.5 Å². The molecular weight excluding hydrogens is 290 g/mol. The predicted molar refractivity (Wildman–Crippen MR) is 84.0 cm³/mol. The zero-order valence-corrected chi connectivity index (χ0v) is 11.9. The second-order valence-electron chi connectivity index (χ2n) is 4.17. The van der Waals surface area contributed by atoms with E-state index < -0.39 is 0 Å². The summed E-state index contributed by atoms with van der Waals surface area (Å²) in [5.41, 5.74) is 7.15. The molecule has 0 aliphatic heterocycles. The summed E-state index contributed by atoms with van der Waals surface area (Å²) >= 11 is 5.97. The number of carbonyl (C=O) groups is 1. The van der Waals surface area contributed by atoms with Crippen molar-refractivity contribution < 1.29 is 4.79 Å². The number of halogens is 1. The summed E-state index contributed by atoms with van der Waals surface area (Å²) < 4.78 is 0. The van der Waals surface area contributed by atoms with E-state index in [1.807, 2.05) is 18.2 Å². The number of anilines is 3. The number of nitrogens with one attached hydrogen (secondary N) is 2. The van der Waals surface area contributed by atoms with E-state index in [-0.39, 0.29) is 11.9 Å². The van der Waals surface area contributed by atoms with Crippen LogP contribution in [0, 0.1) is 0 Å². The van der Waals surface area contributed by atoms with Crippen LogP contribution in [0.3, 0.4) is 0 Å². The maximum absolute atomic E-state index is 11.3. The number of benzene rings is 1. The van der Waals surface area contributed by atoms with Gasteiger partial charge < -0.3 is 16.4 Å². The Kier molecular flexibility index (Phi) is 4.73. The fraction of sp³-hybridized carbons (Fsp3) is 0.0714. The molecule has 0 spiro atoms. The number of hydrogen-bond acceptors (Lipinski definition) is 5. The topological polar surface area (TPSA) is 92.9 Å². The first kappa shape index (κ1) is 14.8. The van der Waals surface area contributed by atoms with Crippen LogP contribution in [0.15, 0.2) is 43.1 Å². The standard InChI is InChI=1S/C14H14ClN5O/c1-2-12(21)19-10-5-3-4-9(6-10)7-17-13-11(15)8-18-14(16)20-13/h2-6,8H,1,7H2,(H,19,21)(H3,16,17,18,20). The fourth-order valence-corrected chi connectivity index (χ4v) is 1.80. The highest BCUT2D eigenvalue weighted by Gasteiger charge is 2.04. The highest BCUT2D eigenvalue weighted by molar-refractivity contribution is 6.32. The van der Waals surface area contributed by atoms with Crippen LogP contribution in [0.5, 0.6) is 0 Å². The molecule has 1 aromatic heterocycles. The van der Waals surface area contributed by atoms with Crippen molar-refractivity contribution in [3.05, 3.63) is 53.7 Å². The van der Waals surface area contributed by atoms with E-state index >= 15 is 0 Å². The third kappa shape index (κ3) is 4.19. The van der Waals surface area contributed by atoms with Crippen molar-refractivity contribution >= 4 is 35.0 Å². The van der Waals surface area contributed by atoms with Crippen molar-refractivity contribution in [3.8, 4) is 0 Å². The number of rotatable bonds is 5. The lowest BCUT2D eigenvalue weighted by atomic mass is 10.2. The van der Waals surface area contributed by atoms with Gasteiger partial charge in [-0.2, -0.15) is 4.98 Å². The molecule has 0 radical (unpaired) electrons. The molecule has 1 heterocycles. The number of nitrogens with two attached hydrogens (primary N) is 1. The van der Waals surface area contributed by atoms with E-state index in [2.05, 4.69) is 27.2 Å². The van der Waals surface area contributed by atoms with Gasteiger partial charge in [0, 0.05) is 12.2 Å². The minimum atomic E-state index is -0.258. The Morgan fingerprint density at radius 3 is 3.05 bits per heavy atom. The molecule has 0 unspecified atom stereocenters. The SMILES string of the molecule is C=CC(=O)Nc1cccc(CNc2nc(N)ncc2Cl)c1. The van der Waals surface area contributed by atoms with Crippen LogP contribution >= 0.6 is 11.6 Å². The van der Waals surface area contributed by atoms with Gasteiger partial charge in [-0.25, -0.2) is 4.98 Å². The lowest BCUT2D eigenvalue weighted by Crippen LogP contribution is -2.08. The molecule has 2 aromatic rings. The third-order valence-electron chi connectivity index (χ3n) is 2.60. The van der Waals surface area contributed by atoms with E-state index in [9.17, 15) is 4.79 Å². The molecule has 0 saturated carbocycles. The second-order valence-corrected chi connectivity index (χ2v) is 4.58. The summed E-state index contributed by atoms with van der Waals surface area (Å²) in [5.74, 6) is 0.352. The maximum Gasteiger partial charge on any atom is 0.247 e. The van der Waals surface area contributed by atoms with Gasteiger partial charge in [0.25, 0.3) is 0 Å². The zero-order valence-electron chi connectivity index (χ0n) is 11.1. The van der Waals surface area contributed by atoms with Gasteiger partial charge in [0.2, 0.25) is 11.9 Å². The summed E-state index contributed by atoms with van der Waals surface area (Å²) in [4.78, 5) is 19.1. The molecule has 4 N–H and O–H groups in total. The molecule has 7 heteroatoms. The Balaban J connectivity index is 2.06. The van der Waals surface area contributed by atoms with Crippen molar-refractivity contribution in [3.63, 3.8) is 0 Å². The summed E-state index contributed by atoms with van der Waals surface area (Å²) in [6.07, 6.45) is 2.65. The molecule has 0 fully saturated rings. The zero-order chi connectivity index (χ0) is 15.2. The van der Waals surface area contributed by atoms with Crippen LogP contribution in [0.2, 0.25) is 5.02 Å². The molecule has 1 aromatic carbocycles. The van der Waals surface area contributed by atoms with Crippen molar-refractivity contribution in [1.29, 1.82) is 0 Å². The van der Waals surface area contributed by atoms with Gasteiger partial charge in [-0.1, -0.05) is 30.3 Å². The van der Waals surface area contributed by atoms with Gasteiger partial charge in [-0.3, -0.25) is 4.79 Å². The molecule has 6 nitrogen and oxygen atoms in total. The quantitative estimate of drug-likeness (QED) is 0.738. The van der Waals surface area contributed by atoms with Crippen molar-refractivity contribution in [2.24, 2.45) is 0 Å². The Bertz CT molecular complexity index is 674. The van der Waals surface area contributed by atoms with Crippen molar-refractivity contribution in [1.82, 2.24) is 9.97 Å². The first-order chi connectivity index (χ1) is 10.1. The lowest BCUT2D eigenvalue weighted by Gasteiger charge is -2.09. The van der Waals surface area contributed by atoms with Crippen LogP contribution in [-0.4, -0.2) is 15.9 Å². The Morgan fingerprint density at radius 2 is 2.29 bits per heavy atom. The van der Waals surface area contributed by atoms with E-state index in [1.165, 1.54) is 12.3 Å². The molecule has 108 valence electrons. The molecule has 0 aliphatic carbocycles. The summed E-state index contributed by atoms with van der Waals surface area (Å²) in [6, 6.07) is 7.38. The molecule has 21 heavy (non-hydrogen) atoms.